The molecule has 1 saturated heterocycles. The van der Waals surface area contributed by atoms with Gasteiger partial charge < -0.3 is 10.6 Å². The molecule has 2 heterocycles. The second-order valence-electron chi connectivity index (χ2n) is 5.69. The van der Waals surface area contributed by atoms with E-state index in [9.17, 15) is 8.42 Å². The lowest BCUT2D eigenvalue weighted by molar-refractivity contribution is 0.299. The number of nitrogens with one attached hydrogen (secondary N) is 2. The molecule has 0 amide bonds. The summed E-state index contributed by atoms with van der Waals surface area (Å²) < 4.78 is 22.9. The molecule has 1 aliphatic rings. The number of sulfone groups is 1. The molecule has 9 heteroatoms. The first-order valence-electron chi connectivity index (χ1n) is 8.41. The van der Waals surface area contributed by atoms with Crippen molar-refractivity contribution < 1.29 is 8.42 Å². The fraction of sp³-hybridized carbons (Fsp3) is 0.733. The Balaban J connectivity index is 1.77. The summed E-state index contributed by atoms with van der Waals surface area (Å²) in [6.45, 7) is 8.32. The number of hydrogen-bond donors (Lipinski definition) is 2. The molecule has 0 bridgehead atoms. The van der Waals surface area contributed by atoms with Gasteiger partial charge in [-0.2, -0.15) is 0 Å². The minimum absolute atomic E-state index is 0.269. The first kappa shape index (κ1) is 19.1. The second-order valence-corrected chi connectivity index (χ2v) is 9.19. The standard InChI is InChI=1S/C15H27N5O2S2/c1-3-13-11-18-14(23-13)12-19-15(16-4-2)17-5-6-20-7-9-24(21,22)10-8-20/h11H,3-10,12H2,1-2H3,(H2,16,17,19). The van der Waals surface area contributed by atoms with Gasteiger partial charge in [0.2, 0.25) is 0 Å². The van der Waals surface area contributed by atoms with Crippen LogP contribution in [0.2, 0.25) is 0 Å². The van der Waals surface area contributed by atoms with E-state index in [0.29, 0.717) is 19.6 Å². The Hall–Kier alpha value is -1.19. The smallest absolute Gasteiger partial charge is 0.191 e. The number of nitrogens with zero attached hydrogens (tertiary/aromatic N) is 3. The maximum absolute atomic E-state index is 11.4. The summed E-state index contributed by atoms with van der Waals surface area (Å²) in [7, 11) is -2.81. The highest BCUT2D eigenvalue weighted by molar-refractivity contribution is 7.91. The molecule has 0 saturated carbocycles. The fourth-order valence-electron chi connectivity index (χ4n) is 2.38. The molecule has 2 rings (SSSR count). The van der Waals surface area contributed by atoms with Crippen LogP contribution in [0.25, 0.3) is 0 Å². The number of aliphatic imine (C=N–C) groups is 1. The molecule has 24 heavy (non-hydrogen) atoms. The molecule has 0 aromatic carbocycles. The summed E-state index contributed by atoms with van der Waals surface area (Å²) in [4.78, 5) is 12.4. The highest BCUT2D eigenvalue weighted by Gasteiger charge is 2.20. The molecule has 0 unspecified atom stereocenters. The van der Waals surface area contributed by atoms with E-state index >= 15 is 0 Å². The van der Waals surface area contributed by atoms with E-state index in [0.717, 1.165) is 37.0 Å². The molecule has 0 spiro atoms. The Morgan fingerprint density at radius 3 is 2.71 bits per heavy atom. The monoisotopic (exact) mass is 373 g/mol. The quantitative estimate of drug-likeness (QED) is 0.534. The summed E-state index contributed by atoms with van der Waals surface area (Å²) in [5.41, 5.74) is 0. The lowest BCUT2D eigenvalue weighted by Crippen LogP contribution is -2.45. The van der Waals surface area contributed by atoms with Gasteiger partial charge in [-0.15, -0.1) is 11.3 Å². The van der Waals surface area contributed by atoms with Gasteiger partial charge in [0.05, 0.1) is 18.1 Å². The van der Waals surface area contributed by atoms with Crippen LogP contribution in [0.15, 0.2) is 11.2 Å². The minimum Gasteiger partial charge on any atom is -0.357 e. The lowest BCUT2D eigenvalue weighted by Gasteiger charge is -2.26. The maximum Gasteiger partial charge on any atom is 0.191 e. The molecular formula is C15H27N5O2S2. The largest absolute Gasteiger partial charge is 0.357 e. The number of aromatic nitrogens is 1. The van der Waals surface area contributed by atoms with Crippen LogP contribution in [0, 0.1) is 0 Å². The summed E-state index contributed by atoms with van der Waals surface area (Å²) in [6, 6.07) is 0. The summed E-state index contributed by atoms with van der Waals surface area (Å²) in [5.74, 6) is 1.31. The number of aryl methyl sites for hydroxylation is 1. The third-order valence-corrected chi connectivity index (χ3v) is 6.56. The Kier molecular flexibility index (Phi) is 7.44. The van der Waals surface area contributed by atoms with Gasteiger partial charge in [-0.05, 0) is 13.3 Å². The van der Waals surface area contributed by atoms with E-state index in [2.05, 4.69) is 32.4 Å². The van der Waals surface area contributed by atoms with Crippen molar-refractivity contribution >= 4 is 27.1 Å². The van der Waals surface area contributed by atoms with Crippen molar-refractivity contribution in [2.45, 2.75) is 26.8 Å². The molecular weight excluding hydrogens is 346 g/mol. The topological polar surface area (TPSA) is 86.7 Å². The predicted molar refractivity (Wildman–Crippen MR) is 99.4 cm³/mol. The highest BCUT2D eigenvalue weighted by atomic mass is 32.2. The average molecular weight is 374 g/mol. The SMILES string of the molecule is CCNC(=NCc1ncc(CC)s1)NCCN1CCS(=O)(=O)CC1. The summed E-state index contributed by atoms with van der Waals surface area (Å²) in [6.07, 6.45) is 2.92. The second kappa shape index (κ2) is 9.33. The first-order valence-corrected chi connectivity index (χ1v) is 11.0. The Morgan fingerprint density at radius 1 is 1.33 bits per heavy atom. The number of thiazole rings is 1. The Labute approximate surface area is 148 Å². The maximum atomic E-state index is 11.4. The van der Waals surface area contributed by atoms with Crippen molar-refractivity contribution in [2.24, 2.45) is 4.99 Å². The van der Waals surface area contributed by atoms with Crippen LogP contribution in [-0.4, -0.2) is 68.5 Å². The van der Waals surface area contributed by atoms with Gasteiger partial charge in [-0.3, -0.25) is 4.90 Å². The van der Waals surface area contributed by atoms with Gasteiger partial charge >= 0.3 is 0 Å². The van der Waals surface area contributed by atoms with Crippen LogP contribution in [0.4, 0.5) is 0 Å². The van der Waals surface area contributed by atoms with E-state index in [1.807, 2.05) is 13.1 Å². The van der Waals surface area contributed by atoms with Gasteiger partial charge in [-0.25, -0.2) is 18.4 Å². The van der Waals surface area contributed by atoms with Crippen LogP contribution in [0.3, 0.4) is 0 Å². The van der Waals surface area contributed by atoms with Crippen molar-refractivity contribution in [3.63, 3.8) is 0 Å². The molecule has 0 atom stereocenters. The van der Waals surface area contributed by atoms with Crippen LogP contribution in [0.5, 0.6) is 0 Å². The zero-order valence-electron chi connectivity index (χ0n) is 14.4. The molecule has 0 aliphatic carbocycles. The third kappa shape index (κ3) is 6.37. The van der Waals surface area contributed by atoms with Crippen LogP contribution in [0.1, 0.15) is 23.7 Å². The zero-order valence-corrected chi connectivity index (χ0v) is 16.0. The summed E-state index contributed by atoms with van der Waals surface area (Å²) in [5, 5.41) is 7.55. The van der Waals surface area contributed by atoms with Crippen LogP contribution in [-0.2, 0) is 22.8 Å². The lowest BCUT2D eigenvalue weighted by atomic mass is 10.4. The van der Waals surface area contributed by atoms with Crippen LogP contribution < -0.4 is 10.6 Å². The van der Waals surface area contributed by atoms with Gasteiger partial charge in [0.1, 0.15) is 5.01 Å². The van der Waals surface area contributed by atoms with Gasteiger partial charge in [-0.1, -0.05) is 6.92 Å². The van der Waals surface area contributed by atoms with E-state index in [-0.39, 0.29) is 11.5 Å². The first-order chi connectivity index (χ1) is 11.5. The van der Waals surface area contributed by atoms with Crippen molar-refractivity contribution in [3.8, 4) is 0 Å². The van der Waals surface area contributed by atoms with Gasteiger partial charge in [0.15, 0.2) is 15.8 Å². The molecule has 1 aromatic rings. The Morgan fingerprint density at radius 2 is 2.08 bits per heavy atom. The molecule has 1 aliphatic heterocycles. The molecule has 0 radical (unpaired) electrons. The molecule has 136 valence electrons. The Bertz CT molecular complexity index is 628. The third-order valence-electron chi connectivity index (χ3n) is 3.82. The van der Waals surface area contributed by atoms with Crippen molar-refractivity contribution in [1.29, 1.82) is 0 Å². The number of guanidine groups is 1. The average Bonchev–Trinajstić information content (AvgIpc) is 3.02. The predicted octanol–water partition coefficient (Wildman–Crippen LogP) is 0.491. The van der Waals surface area contributed by atoms with Crippen molar-refractivity contribution in [3.05, 3.63) is 16.1 Å². The summed E-state index contributed by atoms with van der Waals surface area (Å²) >= 11 is 1.70. The van der Waals surface area contributed by atoms with Gasteiger partial charge in [0.25, 0.3) is 0 Å². The fourth-order valence-corrected chi connectivity index (χ4v) is 4.44. The molecule has 1 fully saturated rings. The van der Waals surface area contributed by atoms with Crippen molar-refractivity contribution in [1.82, 2.24) is 20.5 Å². The zero-order chi connectivity index (χ0) is 17.4. The van der Waals surface area contributed by atoms with Crippen molar-refractivity contribution in [2.75, 3.05) is 44.2 Å². The van der Waals surface area contributed by atoms with Crippen LogP contribution >= 0.6 is 11.3 Å². The van der Waals surface area contributed by atoms with E-state index in [1.165, 1.54) is 4.88 Å². The highest BCUT2D eigenvalue weighted by Crippen LogP contribution is 2.13. The number of rotatable bonds is 7. The molecule has 2 N–H and O–H groups in total. The molecule has 1 aromatic heterocycles. The van der Waals surface area contributed by atoms with E-state index < -0.39 is 9.84 Å². The van der Waals surface area contributed by atoms with E-state index in [1.54, 1.807) is 11.3 Å². The minimum atomic E-state index is -2.81. The normalized spacial score (nSPS) is 18.5. The molecule has 7 nitrogen and oxygen atoms in total. The van der Waals surface area contributed by atoms with E-state index in [4.69, 9.17) is 0 Å². The number of hydrogen-bond acceptors (Lipinski definition) is 6. The van der Waals surface area contributed by atoms with Gasteiger partial charge in [0, 0.05) is 43.8 Å².